The van der Waals surface area contributed by atoms with E-state index in [0.29, 0.717) is 22.0 Å². The number of methoxy groups -OCH3 is 1. The smallest absolute Gasteiger partial charge is 0.269 e. The molecule has 1 heterocycles. The molecule has 1 aromatic carbocycles. The highest BCUT2D eigenvalue weighted by Gasteiger charge is 2.16. The van der Waals surface area contributed by atoms with Crippen LogP contribution < -0.4 is 15.8 Å². The summed E-state index contributed by atoms with van der Waals surface area (Å²) in [5.41, 5.74) is 8.04. The molecule has 0 saturated heterocycles. The Morgan fingerprint density at radius 2 is 2.21 bits per heavy atom. The second-order valence-electron chi connectivity index (χ2n) is 3.98. The van der Waals surface area contributed by atoms with Crippen LogP contribution in [0.1, 0.15) is 15.2 Å². The molecule has 1 aromatic heterocycles. The summed E-state index contributed by atoms with van der Waals surface area (Å²) < 4.78 is 5.89. The molecular formula is C13H13BrN2O2S. The lowest BCUT2D eigenvalue weighted by Crippen LogP contribution is -2.13. The molecule has 0 bridgehead atoms. The van der Waals surface area contributed by atoms with Gasteiger partial charge in [0.05, 0.1) is 18.5 Å². The van der Waals surface area contributed by atoms with Crippen molar-refractivity contribution < 1.29 is 9.53 Å². The number of carbonyl (C=O) groups excluding carboxylic acids is 1. The summed E-state index contributed by atoms with van der Waals surface area (Å²) in [6.07, 6.45) is 0. The van der Waals surface area contributed by atoms with Gasteiger partial charge < -0.3 is 15.8 Å². The van der Waals surface area contributed by atoms with Crippen molar-refractivity contribution in [3.63, 3.8) is 0 Å². The van der Waals surface area contributed by atoms with Crippen molar-refractivity contribution in [3.8, 4) is 5.75 Å². The van der Waals surface area contributed by atoms with Crippen LogP contribution in [0.25, 0.3) is 0 Å². The van der Waals surface area contributed by atoms with Crippen LogP contribution in [0.4, 0.5) is 11.4 Å². The molecule has 0 atom stereocenters. The number of rotatable bonds is 3. The molecule has 0 fully saturated rings. The number of nitrogens with two attached hydrogens (primary N) is 1. The maximum atomic E-state index is 12.2. The van der Waals surface area contributed by atoms with Crippen molar-refractivity contribution >= 4 is 44.5 Å². The Hall–Kier alpha value is -1.53. The van der Waals surface area contributed by atoms with Crippen molar-refractivity contribution in [2.45, 2.75) is 6.92 Å². The average Bonchev–Trinajstić information content (AvgIpc) is 2.81. The predicted molar refractivity (Wildman–Crippen MR) is 82.1 cm³/mol. The standard InChI is InChI=1S/C13H13BrN2O2S/c1-7-5-8(14)11(9(15)6-7)16-13(17)12-10(18-2)3-4-19-12/h3-6H,15H2,1-2H3,(H,16,17). The molecule has 0 aliphatic carbocycles. The topological polar surface area (TPSA) is 64.3 Å². The molecule has 0 saturated carbocycles. The lowest BCUT2D eigenvalue weighted by molar-refractivity contribution is 0.102. The Kier molecular flexibility index (Phi) is 4.11. The molecule has 1 amide bonds. The van der Waals surface area contributed by atoms with E-state index in [9.17, 15) is 4.79 Å². The van der Waals surface area contributed by atoms with E-state index in [0.717, 1.165) is 10.0 Å². The molecular weight excluding hydrogens is 328 g/mol. The van der Waals surface area contributed by atoms with Gasteiger partial charge in [0, 0.05) is 4.47 Å². The highest BCUT2D eigenvalue weighted by Crippen LogP contribution is 2.32. The zero-order valence-corrected chi connectivity index (χ0v) is 12.9. The molecule has 6 heteroatoms. The molecule has 4 nitrogen and oxygen atoms in total. The summed E-state index contributed by atoms with van der Waals surface area (Å²) in [5.74, 6) is 0.326. The van der Waals surface area contributed by atoms with Gasteiger partial charge in [0.2, 0.25) is 0 Å². The minimum Gasteiger partial charge on any atom is -0.495 e. The minimum atomic E-state index is -0.233. The quantitative estimate of drug-likeness (QED) is 0.838. The van der Waals surface area contributed by atoms with Crippen molar-refractivity contribution in [3.05, 3.63) is 38.5 Å². The number of nitrogen functional groups attached to an aromatic ring is 1. The first kappa shape index (κ1) is 13.9. The highest BCUT2D eigenvalue weighted by molar-refractivity contribution is 9.10. The average molecular weight is 341 g/mol. The third-order valence-corrected chi connectivity index (χ3v) is 4.08. The van der Waals surface area contributed by atoms with Gasteiger partial charge in [-0.05, 0) is 52.0 Å². The number of benzene rings is 1. The minimum absolute atomic E-state index is 0.233. The van der Waals surface area contributed by atoms with E-state index in [1.807, 2.05) is 19.1 Å². The highest BCUT2D eigenvalue weighted by atomic mass is 79.9. The summed E-state index contributed by atoms with van der Waals surface area (Å²) in [7, 11) is 1.54. The van der Waals surface area contributed by atoms with Crippen LogP contribution in [0.3, 0.4) is 0 Å². The summed E-state index contributed by atoms with van der Waals surface area (Å²) in [5, 5.41) is 4.61. The lowest BCUT2D eigenvalue weighted by Gasteiger charge is -2.11. The van der Waals surface area contributed by atoms with Crippen LogP contribution in [0, 0.1) is 6.92 Å². The van der Waals surface area contributed by atoms with E-state index in [4.69, 9.17) is 10.5 Å². The van der Waals surface area contributed by atoms with Gasteiger partial charge in [-0.3, -0.25) is 4.79 Å². The number of nitrogens with one attached hydrogen (secondary N) is 1. The van der Waals surface area contributed by atoms with Crippen molar-refractivity contribution in [2.75, 3.05) is 18.2 Å². The van der Waals surface area contributed by atoms with Crippen LogP contribution >= 0.6 is 27.3 Å². The number of thiophene rings is 1. The fourth-order valence-electron chi connectivity index (χ4n) is 1.70. The number of carbonyl (C=O) groups is 1. The fourth-order valence-corrected chi connectivity index (χ4v) is 3.14. The number of anilines is 2. The van der Waals surface area contributed by atoms with Gasteiger partial charge in [0.15, 0.2) is 0 Å². The maximum Gasteiger partial charge on any atom is 0.269 e. The summed E-state index contributed by atoms with van der Waals surface area (Å²) in [6.45, 7) is 1.94. The number of amides is 1. The van der Waals surface area contributed by atoms with Gasteiger partial charge in [-0.25, -0.2) is 0 Å². The Bertz CT molecular complexity index is 602. The third kappa shape index (κ3) is 2.90. The molecule has 0 spiro atoms. The molecule has 0 aliphatic heterocycles. The molecule has 100 valence electrons. The molecule has 19 heavy (non-hydrogen) atoms. The largest absolute Gasteiger partial charge is 0.495 e. The Morgan fingerprint density at radius 1 is 1.47 bits per heavy atom. The number of hydrogen-bond acceptors (Lipinski definition) is 4. The van der Waals surface area contributed by atoms with Crippen molar-refractivity contribution in [2.24, 2.45) is 0 Å². The van der Waals surface area contributed by atoms with Gasteiger partial charge in [-0.15, -0.1) is 11.3 Å². The first-order valence-electron chi connectivity index (χ1n) is 5.51. The van der Waals surface area contributed by atoms with Crippen LogP contribution in [-0.4, -0.2) is 13.0 Å². The monoisotopic (exact) mass is 340 g/mol. The van der Waals surface area contributed by atoms with Gasteiger partial charge in [0.25, 0.3) is 5.91 Å². The van der Waals surface area contributed by atoms with E-state index < -0.39 is 0 Å². The van der Waals surface area contributed by atoms with Gasteiger partial charge in [-0.1, -0.05) is 0 Å². The molecule has 0 unspecified atom stereocenters. The second kappa shape index (κ2) is 5.63. The molecule has 0 radical (unpaired) electrons. The van der Waals surface area contributed by atoms with E-state index in [2.05, 4.69) is 21.2 Å². The van der Waals surface area contributed by atoms with Crippen LogP contribution in [0.5, 0.6) is 5.75 Å². The third-order valence-electron chi connectivity index (χ3n) is 2.56. The first-order valence-corrected chi connectivity index (χ1v) is 7.18. The van der Waals surface area contributed by atoms with Crippen LogP contribution in [-0.2, 0) is 0 Å². The number of ether oxygens (including phenoxy) is 1. The van der Waals surface area contributed by atoms with Gasteiger partial charge in [0.1, 0.15) is 10.6 Å². The number of hydrogen-bond donors (Lipinski definition) is 2. The Morgan fingerprint density at radius 3 is 2.84 bits per heavy atom. The van der Waals surface area contributed by atoms with E-state index in [1.54, 1.807) is 11.4 Å². The maximum absolute atomic E-state index is 12.2. The molecule has 2 rings (SSSR count). The van der Waals surface area contributed by atoms with Crippen molar-refractivity contribution in [1.82, 2.24) is 0 Å². The summed E-state index contributed by atoms with van der Waals surface area (Å²) >= 11 is 4.73. The first-order chi connectivity index (χ1) is 9.02. The molecule has 2 aromatic rings. The van der Waals surface area contributed by atoms with E-state index in [1.165, 1.54) is 18.4 Å². The Balaban J connectivity index is 2.29. The Labute approximate surface area is 123 Å². The van der Waals surface area contributed by atoms with Crippen molar-refractivity contribution in [1.29, 1.82) is 0 Å². The van der Waals surface area contributed by atoms with E-state index in [-0.39, 0.29) is 5.91 Å². The second-order valence-corrected chi connectivity index (χ2v) is 5.75. The van der Waals surface area contributed by atoms with Crippen LogP contribution in [0.15, 0.2) is 28.1 Å². The lowest BCUT2D eigenvalue weighted by atomic mass is 10.2. The predicted octanol–water partition coefficient (Wildman–Crippen LogP) is 3.66. The molecule has 3 N–H and O–H groups in total. The van der Waals surface area contributed by atoms with E-state index >= 15 is 0 Å². The SMILES string of the molecule is COc1ccsc1C(=O)Nc1c(N)cc(C)cc1Br. The van der Waals surface area contributed by atoms with Crippen LogP contribution in [0.2, 0.25) is 0 Å². The van der Waals surface area contributed by atoms with Gasteiger partial charge >= 0.3 is 0 Å². The zero-order chi connectivity index (χ0) is 14.0. The normalized spacial score (nSPS) is 10.3. The summed E-state index contributed by atoms with van der Waals surface area (Å²) in [6, 6.07) is 5.47. The zero-order valence-electron chi connectivity index (χ0n) is 10.5. The number of aryl methyl sites for hydroxylation is 1. The summed E-state index contributed by atoms with van der Waals surface area (Å²) in [4.78, 5) is 12.7. The van der Waals surface area contributed by atoms with Gasteiger partial charge in [-0.2, -0.15) is 0 Å². The fraction of sp³-hybridized carbons (Fsp3) is 0.154. The number of halogens is 1. The molecule has 0 aliphatic rings.